The number of ether oxygens (including phenoxy) is 1. The Hall–Kier alpha value is -0.0575. The number of hydrogen-bond donors (Lipinski definition) is 0. The summed E-state index contributed by atoms with van der Waals surface area (Å²) in [6, 6.07) is 0. The van der Waals surface area contributed by atoms with Crippen LogP contribution in [0.4, 0.5) is 0 Å². The molecule has 6 heteroatoms. The number of cyclic esters (lactones) is 1. The van der Waals surface area contributed by atoms with Gasteiger partial charge in [0.1, 0.15) is 11.8 Å². The zero-order chi connectivity index (χ0) is 9.42. The summed E-state index contributed by atoms with van der Waals surface area (Å²) < 4.78 is 7.89. The first kappa shape index (κ1) is 9.50. The third kappa shape index (κ3) is 1.63. The summed E-state index contributed by atoms with van der Waals surface area (Å²) in [5, 5.41) is 0. The van der Waals surface area contributed by atoms with Crippen LogP contribution in [0, 0.1) is 0 Å². The summed E-state index contributed by atoms with van der Waals surface area (Å²) in [5.74, 6) is -0.213. The number of nitrogens with zero attached hydrogens (tertiary/aromatic N) is 2. The topological polar surface area (TPSA) is 44.1 Å². The molecule has 0 fully saturated rings. The lowest BCUT2D eigenvalue weighted by Gasteiger charge is -2.20. The average Bonchev–Trinajstić information content (AvgIpc) is 2.48. The van der Waals surface area contributed by atoms with Crippen LogP contribution in [0.5, 0.6) is 0 Å². The van der Waals surface area contributed by atoms with Crippen LogP contribution in [0.15, 0.2) is 6.33 Å². The van der Waals surface area contributed by atoms with Crippen LogP contribution in [0.1, 0.15) is 16.2 Å². The molecule has 1 aliphatic rings. The molecule has 0 aliphatic carbocycles. The Balaban J connectivity index is 2.39. The van der Waals surface area contributed by atoms with Crippen LogP contribution in [-0.4, -0.2) is 41.5 Å². The zero-order valence-electron chi connectivity index (χ0n) is 7.16. The number of carbonyl (C=O) groups excluding carboxylic acids is 1. The molecule has 0 saturated carbocycles. The number of aromatic nitrogens is 2. The largest absolute Gasteiger partial charge is 0.456 e. The molecule has 1 unspecified atom stereocenters. The van der Waals surface area contributed by atoms with E-state index in [-0.39, 0.29) is 12.1 Å². The molecule has 1 aliphatic heterocycles. The van der Waals surface area contributed by atoms with Crippen molar-refractivity contribution in [3.05, 3.63) is 17.7 Å². The Morgan fingerprint density at radius 2 is 2.62 bits per heavy atom. The van der Waals surface area contributed by atoms with E-state index in [1.54, 1.807) is 6.33 Å². The van der Waals surface area contributed by atoms with Crippen molar-refractivity contribution in [2.45, 2.75) is 12.5 Å². The van der Waals surface area contributed by atoms with E-state index in [1.807, 2.05) is 3.55 Å². The van der Waals surface area contributed by atoms with Crippen LogP contribution < -0.4 is 0 Å². The number of fused-ring (bicyclic) bond motifs is 1. The van der Waals surface area contributed by atoms with Gasteiger partial charge < -0.3 is 8.29 Å². The van der Waals surface area contributed by atoms with Gasteiger partial charge in [-0.05, 0) is 0 Å². The van der Waals surface area contributed by atoms with E-state index in [4.69, 9.17) is 4.74 Å². The molecule has 1 atom stereocenters. The lowest BCUT2D eigenvalue weighted by Crippen LogP contribution is -2.30. The van der Waals surface area contributed by atoms with Gasteiger partial charge in [-0.15, -0.1) is 0 Å². The molecule has 1 aromatic heterocycles. The zero-order valence-corrected chi connectivity index (χ0v) is 11.3. The molecule has 0 N–H and O–H groups in total. The summed E-state index contributed by atoms with van der Waals surface area (Å²) in [5.41, 5.74) is 1.56. The normalized spacial score (nSPS) is 21.0. The van der Waals surface area contributed by atoms with Gasteiger partial charge in [0.05, 0.1) is 12.0 Å². The quantitative estimate of drug-likeness (QED) is 0.312. The second kappa shape index (κ2) is 3.60. The highest BCUT2D eigenvalue weighted by Crippen LogP contribution is 2.19. The van der Waals surface area contributed by atoms with E-state index in [1.165, 1.54) is 0 Å². The van der Waals surface area contributed by atoms with Crippen molar-refractivity contribution >= 4 is 45.1 Å². The number of hydrogen-bond acceptors (Lipinski definition) is 3. The highest BCUT2D eigenvalue weighted by Gasteiger charge is 2.28. The molecule has 13 heavy (non-hydrogen) atoms. The molecule has 1 aromatic rings. The number of halogens is 1. The fraction of sp³-hybridized carbons (Fsp3) is 0.429. The Kier molecular flexibility index (Phi) is 2.63. The van der Waals surface area contributed by atoms with Gasteiger partial charge in [-0.25, -0.2) is 9.78 Å². The first-order chi connectivity index (χ1) is 6.22. The van der Waals surface area contributed by atoms with Gasteiger partial charge >= 0.3 is 22.5 Å². The minimum Gasteiger partial charge on any atom is -0.456 e. The Morgan fingerprint density at radius 1 is 1.85 bits per heavy atom. The molecular weight excluding hydrogens is 298 g/mol. The highest BCUT2D eigenvalue weighted by atomic mass is 127. The molecule has 0 radical (unpaired) electrons. The molecular formula is C7H8AlIN2O2. The van der Waals surface area contributed by atoms with Gasteiger partial charge in [-0.3, -0.25) is 0 Å². The standard InChI is InChI=1S/C7H7IN2O2.Al.2H/c8-2-4-1-5-6(7(11)12-4)10-3-9-5;;;/h3-4H,1-2H2,(H,9,10,11);;;/q;+1;;/p-1. The van der Waals surface area contributed by atoms with E-state index >= 15 is 0 Å². The maximum Gasteiger partial charge on any atom is 0.372 e. The average molecular weight is 306 g/mol. The van der Waals surface area contributed by atoms with Crippen LogP contribution >= 0.6 is 22.6 Å². The molecule has 2 rings (SSSR count). The molecule has 4 nitrogen and oxygen atoms in total. The predicted octanol–water partition coefficient (Wildman–Crippen LogP) is -0.204. The van der Waals surface area contributed by atoms with Crippen molar-refractivity contribution in [1.29, 1.82) is 0 Å². The van der Waals surface area contributed by atoms with Crippen LogP contribution in [-0.2, 0) is 11.2 Å². The summed E-state index contributed by atoms with van der Waals surface area (Å²) in [7, 11) is 0. The van der Waals surface area contributed by atoms with E-state index < -0.39 is 0 Å². The third-order valence-corrected chi connectivity index (χ3v) is 3.73. The summed E-state index contributed by atoms with van der Waals surface area (Å²) in [6.45, 7) is 0. The van der Waals surface area contributed by atoms with Crippen molar-refractivity contribution in [1.82, 2.24) is 8.53 Å². The number of imidazole rings is 1. The molecule has 0 aromatic carbocycles. The fourth-order valence-electron chi connectivity index (χ4n) is 1.44. The highest BCUT2D eigenvalue weighted by molar-refractivity contribution is 14.1. The molecule has 0 bridgehead atoms. The number of esters is 1. The molecule has 2 heterocycles. The Morgan fingerprint density at radius 3 is 3.31 bits per heavy atom. The number of carbonyl (C=O) groups is 1. The first-order valence-electron chi connectivity index (χ1n) is 3.99. The Labute approximate surface area is 97.4 Å². The molecule has 68 valence electrons. The second-order valence-electron chi connectivity index (χ2n) is 3.04. The fourth-order valence-corrected chi connectivity index (χ4v) is 2.49. The van der Waals surface area contributed by atoms with Gasteiger partial charge in [0.2, 0.25) is 0 Å². The molecule has 0 saturated heterocycles. The maximum absolute atomic E-state index is 11.5. The smallest absolute Gasteiger partial charge is 0.372 e. The Bertz CT molecular complexity index is 352. The third-order valence-electron chi connectivity index (χ3n) is 2.07. The number of rotatable bonds is 1. The molecule has 0 spiro atoms. The van der Waals surface area contributed by atoms with E-state index in [2.05, 4.69) is 27.6 Å². The predicted molar refractivity (Wildman–Crippen MR) is 58.0 cm³/mol. The van der Waals surface area contributed by atoms with E-state index in [0.29, 0.717) is 5.69 Å². The van der Waals surface area contributed by atoms with Gasteiger partial charge in [0.25, 0.3) is 0 Å². The summed E-state index contributed by atoms with van der Waals surface area (Å²) in [6.07, 6.45) is 2.49. The summed E-state index contributed by atoms with van der Waals surface area (Å²) in [4.78, 5) is 15.7. The maximum atomic E-state index is 11.5. The lowest BCUT2D eigenvalue weighted by molar-refractivity contribution is 0.0305. The van der Waals surface area contributed by atoms with Crippen LogP contribution in [0.3, 0.4) is 0 Å². The second-order valence-corrected chi connectivity index (χ2v) is 4.88. The summed E-state index contributed by atoms with van der Waals surface area (Å²) >= 11 is 3.00. The van der Waals surface area contributed by atoms with Crippen molar-refractivity contribution in [3.63, 3.8) is 0 Å². The van der Waals surface area contributed by atoms with Crippen LogP contribution in [0.25, 0.3) is 0 Å². The minimum absolute atomic E-state index is 0.0113. The van der Waals surface area contributed by atoms with Crippen molar-refractivity contribution in [3.8, 4) is 0 Å². The van der Waals surface area contributed by atoms with Crippen LogP contribution in [0.2, 0.25) is 0 Å². The van der Waals surface area contributed by atoms with Gasteiger partial charge in [0, 0.05) is 10.8 Å². The molecule has 0 amide bonds. The monoisotopic (exact) mass is 306 g/mol. The minimum atomic E-state index is -0.213. The number of alkyl halides is 1. The van der Waals surface area contributed by atoms with E-state index in [9.17, 15) is 4.79 Å². The van der Waals surface area contributed by atoms with Crippen molar-refractivity contribution in [2.75, 3.05) is 4.43 Å². The lowest BCUT2D eigenvalue weighted by atomic mass is 10.1. The SMILES string of the molecule is O=C1OC(CI)Cc2nc[n]([AlH2])c21. The van der Waals surface area contributed by atoms with Crippen molar-refractivity contribution in [2.24, 2.45) is 0 Å². The van der Waals surface area contributed by atoms with Gasteiger partial charge in [-0.2, -0.15) is 0 Å². The van der Waals surface area contributed by atoms with E-state index in [0.717, 1.165) is 33.1 Å². The van der Waals surface area contributed by atoms with Crippen molar-refractivity contribution < 1.29 is 9.53 Å². The van der Waals surface area contributed by atoms with Gasteiger partial charge in [0.15, 0.2) is 0 Å². The van der Waals surface area contributed by atoms with Gasteiger partial charge in [-0.1, -0.05) is 22.6 Å². The first-order valence-corrected chi connectivity index (χ1v) is 6.41.